The minimum atomic E-state index is 0.284. The van der Waals surface area contributed by atoms with Gasteiger partial charge in [-0.15, -0.1) is 0 Å². The van der Waals surface area contributed by atoms with Crippen molar-refractivity contribution >= 4 is 5.69 Å². The molecule has 20 heavy (non-hydrogen) atoms. The van der Waals surface area contributed by atoms with E-state index >= 15 is 0 Å². The first-order valence-electron chi connectivity index (χ1n) is 7.31. The normalized spacial score (nSPS) is 12.4. The molecule has 2 rings (SSSR count). The third-order valence-electron chi connectivity index (χ3n) is 3.38. The maximum Gasteiger partial charge on any atom is 0.0534 e. The summed E-state index contributed by atoms with van der Waals surface area (Å²) in [5.74, 6) is 0.703. The first-order valence-corrected chi connectivity index (χ1v) is 7.31. The van der Waals surface area contributed by atoms with Gasteiger partial charge in [0.25, 0.3) is 0 Å². The number of anilines is 1. The summed E-state index contributed by atoms with van der Waals surface area (Å²) in [4.78, 5) is 4.22. The summed E-state index contributed by atoms with van der Waals surface area (Å²) in [5, 5.41) is 3.50. The molecule has 2 aromatic rings. The molecule has 1 N–H and O–H groups in total. The molecule has 1 aromatic carbocycles. The predicted molar refractivity (Wildman–Crippen MR) is 86.0 cm³/mol. The van der Waals surface area contributed by atoms with Crippen LogP contribution in [0.2, 0.25) is 0 Å². The zero-order valence-electron chi connectivity index (χ0n) is 12.9. The molecule has 0 aliphatic rings. The summed E-state index contributed by atoms with van der Waals surface area (Å²) < 4.78 is 0. The van der Waals surface area contributed by atoms with Crippen LogP contribution in [0.1, 0.15) is 43.5 Å². The van der Waals surface area contributed by atoms with Crippen molar-refractivity contribution in [2.24, 2.45) is 5.92 Å². The average molecular weight is 268 g/mol. The van der Waals surface area contributed by atoms with E-state index in [4.69, 9.17) is 0 Å². The summed E-state index contributed by atoms with van der Waals surface area (Å²) in [6.45, 7) is 8.75. The number of hydrogen-bond donors (Lipinski definition) is 1. The van der Waals surface area contributed by atoms with Crippen LogP contribution in [0.15, 0.2) is 42.7 Å². The fourth-order valence-electron chi connectivity index (χ4n) is 2.38. The van der Waals surface area contributed by atoms with E-state index in [1.54, 1.807) is 0 Å². The molecule has 0 spiro atoms. The Morgan fingerprint density at radius 3 is 2.35 bits per heavy atom. The van der Waals surface area contributed by atoms with Crippen molar-refractivity contribution in [3.8, 4) is 0 Å². The highest BCUT2D eigenvalue weighted by Crippen LogP contribution is 2.20. The molecule has 0 fully saturated rings. The maximum atomic E-state index is 4.22. The van der Waals surface area contributed by atoms with Gasteiger partial charge in [0.05, 0.1) is 5.69 Å². The lowest BCUT2D eigenvalue weighted by atomic mass is 10.00. The average Bonchev–Trinajstić information content (AvgIpc) is 2.38. The van der Waals surface area contributed by atoms with Crippen LogP contribution in [0, 0.1) is 12.8 Å². The molecule has 0 aliphatic carbocycles. The number of nitrogens with zero attached hydrogens (tertiary/aromatic N) is 1. The number of aromatic nitrogens is 1. The van der Waals surface area contributed by atoms with Crippen molar-refractivity contribution in [1.29, 1.82) is 0 Å². The fourth-order valence-corrected chi connectivity index (χ4v) is 2.38. The van der Waals surface area contributed by atoms with Crippen molar-refractivity contribution in [2.75, 3.05) is 5.32 Å². The van der Waals surface area contributed by atoms with Crippen molar-refractivity contribution < 1.29 is 0 Å². The second-order valence-electron chi connectivity index (χ2n) is 5.96. The number of nitrogens with one attached hydrogen (secondary N) is 1. The molecule has 1 aromatic heterocycles. The lowest BCUT2D eigenvalue weighted by molar-refractivity contribution is 0.647. The third kappa shape index (κ3) is 4.09. The summed E-state index contributed by atoms with van der Waals surface area (Å²) in [6.07, 6.45) is 4.89. The van der Waals surface area contributed by atoms with Gasteiger partial charge in [0, 0.05) is 18.4 Å². The van der Waals surface area contributed by atoms with Crippen molar-refractivity contribution in [1.82, 2.24) is 4.98 Å². The van der Waals surface area contributed by atoms with Crippen LogP contribution in [-0.4, -0.2) is 4.98 Å². The third-order valence-corrected chi connectivity index (χ3v) is 3.38. The van der Waals surface area contributed by atoms with Crippen LogP contribution in [0.3, 0.4) is 0 Å². The fraction of sp³-hybridized carbons (Fsp3) is 0.389. The monoisotopic (exact) mass is 268 g/mol. The molecule has 0 aliphatic heterocycles. The molecule has 2 nitrogen and oxygen atoms in total. The molecule has 1 heterocycles. The van der Waals surface area contributed by atoms with E-state index in [-0.39, 0.29) is 6.04 Å². The SMILES string of the molecule is Cc1cncc(NC(C)c2ccc(CC(C)C)cc2)c1. The van der Waals surface area contributed by atoms with E-state index in [0.717, 1.165) is 12.1 Å². The number of hydrogen-bond acceptors (Lipinski definition) is 2. The first kappa shape index (κ1) is 14.6. The topological polar surface area (TPSA) is 24.9 Å². The zero-order valence-corrected chi connectivity index (χ0v) is 12.9. The maximum absolute atomic E-state index is 4.22. The quantitative estimate of drug-likeness (QED) is 0.845. The minimum Gasteiger partial charge on any atom is -0.377 e. The van der Waals surface area contributed by atoms with Gasteiger partial charge in [-0.1, -0.05) is 38.1 Å². The molecular weight excluding hydrogens is 244 g/mol. The van der Waals surface area contributed by atoms with E-state index < -0.39 is 0 Å². The summed E-state index contributed by atoms with van der Waals surface area (Å²) in [7, 11) is 0. The Kier molecular flexibility index (Phi) is 4.78. The van der Waals surface area contributed by atoms with Crippen LogP contribution in [0.5, 0.6) is 0 Å². The molecule has 0 saturated heterocycles. The van der Waals surface area contributed by atoms with Gasteiger partial charge in [0.15, 0.2) is 0 Å². The zero-order chi connectivity index (χ0) is 14.5. The molecule has 0 bridgehead atoms. The van der Waals surface area contributed by atoms with Gasteiger partial charge in [0.1, 0.15) is 0 Å². The summed E-state index contributed by atoms with van der Waals surface area (Å²) >= 11 is 0. The van der Waals surface area contributed by atoms with Crippen LogP contribution in [-0.2, 0) is 6.42 Å². The Labute approximate surface area is 122 Å². The summed E-state index contributed by atoms with van der Waals surface area (Å²) in [6, 6.07) is 11.3. The largest absolute Gasteiger partial charge is 0.377 e. The molecule has 0 radical (unpaired) electrons. The molecular formula is C18H24N2. The Hall–Kier alpha value is -1.83. The highest BCUT2D eigenvalue weighted by Gasteiger charge is 2.06. The number of aryl methyl sites for hydroxylation is 1. The second kappa shape index (κ2) is 6.56. The van der Waals surface area contributed by atoms with Crippen molar-refractivity contribution in [3.05, 3.63) is 59.4 Å². The minimum absolute atomic E-state index is 0.284. The standard InChI is InChI=1S/C18H24N2/c1-13(2)9-16-5-7-17(8-6-16)15(4)20-18-10-14(3)11-19-12-18/h5-8,10-13,15,20H,9H2,1-4H3. The Balaban J connectivity index is 2.03. The molecule has 2 heteroatoms. The van der Waals surface area contributed by atoms with Gasteiger partial charge < -0.3 is 5.32 Å². The van der Waals surface area contributed by atoms with Gasteiger partial charge in [0.2, 0.25) is 0 Å². The highest BCUT2D eigenvalue weighted by atomic mass is 14.9. The van der Waals surface area contributed by atoms with E-state index in [1.807, 2.05) is 12.4 Å². The van der Waals surface area contributed by atoms with Crippen LogP contribution in [0.4, 0.5) is 5.69 Å². The van der Waals surface area contributed by atoms with Gasteiger partial charge in [-0.2, -0.15) is 0 Å². The Morgan fingerprint density at radius 2 is 1.75 bits per heavy atom. The van der Waals surface area contributed by atoms with Gasteiger partial charge >= 0.3 is 0 Å². The number of rotatable bonds is 5. The Morgan fingerprint density at radius 1 is 1.05 bits per heavy atom. The van der Waals surface area contributed by atoms with Crippen LogP contribution < -0.4 is 5.32 Å². The van der Waals surface area contributed by atoms with Gasteiger partial charge in [-0.05, 0) is 48.9 Å². The lowest BCUT2D eigenvalue weighted by Crippen LogP contribution is -2.07. The Bertz CT molecular complexity index is 544. The molecule has 0 saturated carbocycles. The predicted octanol–water partition coefficient (Wildman–Crippen LogP) is 4.76. The molecule has 1 unspecified atom stereocenters. The van der Waals surface area contributed by atoms with Gasteiger partial charge in [-0.25, -0.2) is 0 Å². The lowest BCUT2D eigenvalue weighted by Gasteiger charge is -2.16. The van der Waals surface area contributed by atoms with E-state index in [2.05, 4.69) is 68.3 Å². The van der Waals surface area contributed by atoms with E-state index in [0.29, 0.717) is 5.92 Å². The van der Waals surface area contributed by atoms with Crippen LogP contribution >= 0.6 is 0 Å². The first-order chi connectivity index (χ1) is 9.54. The van der Waals surface area contributed by atoms with E-state index in [1.165, 1.54) is 16.7 Å². The number of pyridine rings is 1. The highest BCUT2D eigenvalue weighted by molar-refractivity contribution is 5.45. The smallest absolute Gasteiger partial charge is 0.0534 e. The molecule has 1 atom stereocenters. The van der Waals surface area contributed by atoms with Gasteiger partial charge in [-0.3, -0.25) is 4.98 Å². The van der Waals surface area contributed by atoms with Crippen molar-refractivity contribution in [2.45, 2.75) is 40.2 Å². The molecule has 106 valence electrons. The number of benzene rings is 1. The summed E-state index contributed by atoms with van der Waals surface area (Å²) in [5.41, 5.74) is 4.96. The second-order valence-corrected chi connectivity index (χ2v) is 5.96. The van der Waals surface area contributed by atoms with Crippen molar-refractivity contribution in [3.63, 3.8) is 0 Å². The molecule has 0 amide bonds. The van der Waals surface area contributed by atoms with E-state index in [9.17, 15) is 0 Å². The van der Waals surface area contributed by atoms with Crippen LogP contribution in [0.25, 0.3) is 0 Å².